The number of nitrogens with two attached hydrogens (primary N) is 2. The van der Waals surface area contributed by atoms with Crippen molar-refractivity contribution in [3.05, 3.63) is 82.0 Å². The molecule has 0 unspecified atom stereocenters. The monoisotopic (exact) mass is 651 g/mol. The first-order valence-corrected chi connectivity index (χ1v) is 17.9. The van der Waals surface area contributed by atoms with E-state index in [1.807, 2.05) is 52.0 Å². The van der Waals surface area contributed by atoms with Gasteiger partial charge in [-0.3, -0.25) is 9.59 Å². The average molecular weight is 652 g/mol. The van der Waals surface area contributed by atoms with Crippen LogP contribution in [0.3, 0.4) is 0 Å². The molecule has 2 aromatic rings. The lowest BCUT2D eigenvalue weighted by molar-refractivity contribution is 0.100. The summed E-state index contributed by atoms with van der Waals surface area (Å²) in [4.78, 5) is 27.4. The van der Waals surface area contributed by atoms with Crippen LogP contribution in [0.25, 0.3) is 0 Å². The van der Waals surface area contributed by atoms with Gasteiger partial charge in [0.25, 0.3) is 11.1 Å². The SMILES string of the molecule is CC=CCCc1cc(CC)c(C(=O)Cl)cc1S(C)(=O)=O.CC=CCCc1cc(CC)c(C(=O)N=C(N)N)cc1S(C)(=O)=O. The molecular weight excluding hydrogens is 610 g/mol. The zero-order chi connectivity index (χ0) is 33.0. The average Bonchev–Trinajstić information content (AvgIpc) is 2.91. The fourth-order valence-corrected chi connectivity index (χ4v) is 6.50. The third-order valence-electron chi connectivity index (χ3n) is 6.44. The molecular formula is C31H42ClN3O6S2. The first-order chi connectivity index (χ1) is 20.0. The molecule has 43 heavy (non-hydrogen) atoms. The van der Waals surface area contributed by atoms with Gasteiger partial charge >= 0.3 is 0 Å². The molecule has 2 aromatic carbocycles. The number of halogens is 1. The van der Waals surface area contributed by atoms with E-state index >= 15 is 0 Å². The van der Waals surface area contributed by atoms with Crippen molar-refractivity contribution in [3.8, 4) is 0 Å². The van der Waals surface area contributed by atoms with Gasteiger partial charge in [-0.1, -0.05) is 50.3 Å². The molecule has 0 fully saturated rings. The van der Waals surface area contributed by atoms with Crippen LogP contribution in [0.1, 0.15) is 83.5 Å². The second-order valence-corrected chi connectivity index (χ2v) is 14.1. The molecule has 4 N–H and O–H groups in total. The Kier molecular flexibility index (Phi) is 15.0. The molecule has 0 spiro atoms. The van der Waals surface area contributed by atoms with Gasteiger partial charge in [-0.15, -0.1) is 0 Å². The maximum absolute atomic E-state index is 12.1. The van der Waals surface area contributed by atoms with Crippen LogP contribution in [0.4, 0.5) is 0 Å². The van der Waals surface area contributed by atoms with E-state index in [9.17, 15) is 26.4 Å². The van der Waals surface area contributed by atoms with E-state index < -0.39 is 30.8 Å². The summed E-state index contributed by atoms with van der Waals surface area (Å²) in [5.41, 5.74) is 13.9. The van der Waals surface area contributed by atoms with Gasteiger partial charge in [0, 0.05) is 23.6 Å². The lowest BCUT2D eigenvalue weighted by Gasteiger charge is -2.13. The van der Waals surface area contributed by atoms with Crippen LogP contribution in [0.2, 0.25) is 0 Å². The largest absolute Gasteiger partial charge is 0.370 e. The van der Waals surface area contributed by atoms with Crippen molar-refractivity contribution in [2.45, 2.75) is 76.0 Å². The number of rotatable bonds is 12. The molecule has 0 aromatic heterocycles. The van der Waals surface area contributed by atoms with Crippen LogP contribution < -0.4 is 11.5 Å². The highest BCUT2D eigenvalue weighted by Gasteiger charge is 2.21. The minimum absolute atomic E-state index is 0.147. The first kappa shape index (κ1) is 37.7. The smallest absolute Gasteiger partial charge is 0.280 e. The summed E-state index contributed by atoms with van der Waals surface area (Å²) >= 11 is 5.54. The predicted octanol–water partition coefficient (Wildman–Crippen LogP) is 5.12. The van der Waals surface area contributed by atoms with E-state index in [0.717, 1.165) is 42.0 Å². The lowest BCUT2D eigenvalue weighted by atomic mass is 9.99. The van der Waals surface area contributed by atoms with Crippen LogP contribution in [-0.4, -0.2) is 46.5 Å². The van der Waals surface area contributed by atoms with Crippen molar-refractivity contribution in [3.63, 3.8) is 0 Å². The minimum Gasteiger partial charge on any atom is -0.370 e. The fraction of sp³-hybridized carbons (Fsp3) is 0.387. The second-order valence-electron chi connectivity index (χ2n) is 9.82. The number of aliphatic imine (C=N–C) groups is 1. The molecule has 0 saturated heterocycles. The Morgan fingerprint density at radius 1 is 0.744 bits per heavy atom. The summed E-state index contributed by atoms with van der Waals surface area (Å²) in [6, 6.07) is 6.34. The Hall–Kier alpha value is -3.28. The number of hydrogen-bond acceptors (Lipinski definition) is 6. The number of allylic oxidation sites excluding steroid dienone is 4. The summed E-state index contributed by atoms with van der Waals surface area (Å²) in [7, 11) is -6.85. The van der Waals surface area contributed by atoms with E-state index in [4.69, 9.17) is 23.1 Å². The number of amides is 1. The molecule has 12 heteroatoms. The Morgan fingerprint density at radius 2 is 1.14 bits per heavy atom. The zero-order valence-electron chi connectivity index (χ0n) is 25.6. The molecule has 2 rings (SSSR count). The third-order valence-corrected chi connectivity index (χ3v) is 9.00. The number of carbonyl (C=O) groups excluding carboxylic acids is 2. The summed E-state index contributed by atoms with van der Waals surface area (Å²) in [6.45, 7) is 7.63. The molecule has 0 radical (unpaired) electrons. The van der Waals surface area contributed by atoms with Crippen LogP contribution in [0.5, 0.6) is 0 Å². The molecule has 0 saturated carbocycles. The predicted molar refractivity (Wildman–Crippen MR) is 174 cm³/mol. The highest BCUT2D eigenvalue weighted by atomic mass is 35.5. The molecule has 0 aliphatic heterocycles. The van der Waals surface area contributed by atoms with Crippen molar-refractivity contribution >= 4 is 48.4 Å². The number of guanidine groups is 1. The van der Waals surface area contributed by atoms with Gasteiger partial charge in [0.2, 0.25) is 0 Å². The van der Waals surface area contributed by atoms with E-state index in [1.54, 1.807) is 12.1 Å². The van der Waals surface area contributed by atoms with Crippen molar-refractivity contribution in [2.24, 2.45) is 16.5 Å². The van der Waals surface area contributed by atoms with Crippen LogP contribution in [0.15, 0.2) is 63.4 Å². The Balaban J connectivity index is 0.000000434. The lowest BCUT2D eigenvalue weighted by Crippen LogP contribution is -2.24. The standard InChI is InChI=1S/C16H23N3O3S.C15H19ClO3S/c1-4-6-7-8-12-9-11(5-2)13(15(20)19-16(17)18)10-14(12)23(3,21)22;1-4-6-7-8-12-9-11(5-2)13(15(16)17)10-14(12)20(3,18)19/h4,6,9-10H,5,7-8H2,1-3H3,(H4,17,18,19,20);4,6,9-10H,5,7-8H2,1-3H3. The van der Waals surface area contributed by atoms with Gasteiger partial charge in [0.1, 0.15) is 0 Å². The second kappa shape index (κ2) is 17.1. The summed E-state index contributed by atoms with van der Waals surface area (Å²) in [5.74, 6) is -0.984. The number of sulfone groups is 2. The molecule has 0 heterocycles. The van der Waals surface area contributed by atoms with Gasteiger partial charge in [-0.05, 0) is 98.4 Å². The molecule has 0 aliphatic rings. The topological polar surface area (TPSA) is 167 Å². The minimum atomic E-state index is -3.47. The molecule has 9 nitrogen and oxygen atoms in total. The van der Waals surface area contributed by atoms with E-state index in [2.05, 4.69) is 4.99 Å². The number of benzene rings is 2. The zero-order valence-corrected chi connectivity index (χ0v) is 28.0. The number of hydrogen-bond donors (Lipinski definition) is 2. The maximum atomic E-state index is 12.1. The van der Waals surface area contributed by atoms with Crippen molar-refractivity contribution in [1.82, 2.24) is 0 Å². The molecule has 0 bridgehead atoms. The van der Waals surface area contributed by atoms with Crippen molar-refractivity contribution < 1.29 is 26.4 Å². The maximum Gasteiger partial charge on any atom is 0.280 e. The molecule has 1 amide bonds. The molecule has 0 aliphatic carbocycles. The third kappa shape index (κ3) is 11.7. The van der Waals surface area contributed by atoms with Crippen LogP contribution >= 0.6 is 11.6 Å². The fourth-order valence-electron chi connectivity index (χ4n) is 4.39. The van der Waals surface area contributed by atoms with Crippen LogP contribution in [0, 0.1) is 0 Å². The Labute approximate surface area is 261 Å². The number of nitrogens with zero attached hydrogens (tertiary/aromatic N) is 1. The number of aryl methyl sites for hydroxylation is 4. The van der Waals surface area contributed by atoms with Crippen molar-refractivity contribution in [1.29, 1.82) is 0 Å². The van der Waals surface area contributed by atoms with E-state index in [-0.39, 0.29) is 26.9 Å². The number of carbonyl (C=O) groups is 2. The summed E-state index contributed by atoms with van der Waals surface area (Å²) < 4.78 is 47.9. The van der Waals surface area contributed by atoms with Gasteiger partial charge < -0.3 is 11.5 Å². The summed E-state index contributed by atoms with van der Waals surface area (Å²) in [6.07, 6.45) is 14.0. The quantitative estimate of drug-likeness (QED) is 0.138. The normalized spacial score (nSPS) is 11.8. The van der Waals surface area contributed by atoms with Gasteiger partial charge in [-0.25, -0.2) is 16.8 Å². The van der Waals surface area contributed by atoms with Gasteiger partial charge in [0.05, 0.1) is 9.79 Å². The highest BCUT2D eigenvalue weighted by molar-refractivity contribution is 7.91. The van der Waals surface area contributed by atoms with Crippen molar-refractivity contribution in [2.75, 3.05) is 12.5 Å². The Morgan fingerprint density at radius 3 is 1.47 bits per heavy atom. The van der Waals surface area contributed by atoms with Crippen LogP contribution in [-0.2, 0) is 45.4 Å². The molecule has 236 valence electrons. The van der Waals surface area contributed by atoms with E-state index in [1.165, 1.54) is 12.1 Å². The summed E-state index contributed by atoms with van der Waals surface area (Å²) in [5, 5.41) is -0.619. The van der Waals surface area contributed by atoms with E-state index in [0.29, 0.717) is 31.2 Å². The highest BCUT2D eigenvalue weighted by Crippen LogP contribution is 2.26. The first-order valence-electron chi connectivity index (χ1n) is 13.8. The van der Waals surface area contributed by atoms with Gasteiger partial charge in [0.15, 0.2) is 25.6 Å². The Bertz CT molecular complexity index is 1620. The molecule has 0 atom stereocenters. The van der Waals surface area contributed by atoms with Gasteiger partial charge in [-0.2, -0.15) is 4.99 Å².